The standard InChI is InChI=1S/C22H15NO3S/c24-20-17(15-7-3-1-4-8-15)11-14(13-19-21(25)23-22(26)27-19)12-18(20)16-9-5-2-6-10-16/h1-13,24H,(H,23,25,26)/b19-13-. The predicted octanol–water partition coefficient (Wildman–Crippen LogP) is 5.05. The highest BCUT2D eigenvalue weighted by molar-refractivity contribution is 8.18. The number of nitrogens with one attached hydrogen (secondary N) is 1. The molecule has 4 rings (SSSR count). The van der Waals surface area contributed by atoms with Crippen LogP contribution in [0.4, 0.5) is 4.79 Å². The third-order valence-corrected chi connectivity index (χ3v) is 5.05. The molecule has 27 heavy (non-hydrogen) atoms. The van der Waals surface area contributed by atoms with E-state index in [1.165, 1.54) is 0 Å². The Bertz CT molecular complexity index is 999. The van der Waals surface area contributed by atoms with Crippen LogP contribution in [0, 0.1) is 0 Å². The van der Waals surface area contributed by atoms with Gasteiger partial charge in [0.1, 0.15) is 5.75 Å². The minimum atomic E-state index is -0.402. The number of benzene rings is 3. The van der Waals surface area contributed by atoms with Crippen LogP contribution in [0.1, 0.15) is 5.56 Å². The Balaban J connectivity index is 1.91. The van der Waals surface area contributed by atoms with Gasteiger partial charge in [-0.2, -0.15) is 0 Å². The molecule has 0 aliphatic carbocycles. The summed E-state index contributed by atoms with van der Waals surface area (Å²) >= 11 is 0.875. The van der Waals surface area contributed by atoms with E-state index in [-0.39, 0.29) is 11.0 Å². The molecule has 3 aromatic carbocycles. The lowest BCUT2D eigenvalue weighted by molar-refractivity contribution is -0.115. The van der Waals surface area contributed by atoms with Crippen molar-refractivity contribution in [3.63, 3.8) is 0 Å². The van der Waals surface area contributed by atoms with E-state index in [4.69, 9.17) is 0 Å². The summed E-state index contributed by atoms with van der Waals surface area (Å²) < 4.78 is 0. The van der Waals surface area contributed by atoms with Crippen molar-refractivity contribution in [1.29, 1.82) is 0 Å². The minimum absolute atomic E-state index is 0.175. The Morgan fingerprint density at radius 3 is 1.78 bits per heavy atom. The van der Waals surface area contributed by atoms with Crippen molar-refractivity contribution < 1.29 is 14.7 Å². The molecule has 0 unspecified atom stereocenters. The van der Waals surface area contributed by atoms with Gasteiger partial charge in [-0.05, 0) is 46.7 Å². The quantitative estimate of drug-likeness (QED) is 0.631. The molecule has 2 N–H and O–H groups in total. The van der Waals surface area contributed by atoms with E-state index in [1.54, 1.807) is 6.08 Å². The smallest absolute Gasteiger partial charge is 0.290 e. The highest BCUT2D eigenvalue weighted by Gasteiger charge is 2.25. The molecule has 4 nitrogen and oxygen atoms in total. The second-order valence-corrected chi connectivity index (χ2v) is 7.06. The molecule has 0 atom stereocenters. The van der Waals surface area contributed by atoms with Crippen LogP contribution < -0.4 is 5.32 Å². The average molecular weight is 373 g/mol. The molecular formula is C22H15NO3S. The fourth-order valence-corrected chi connectivity index (χ4v) is 3.67. The van der Waals surface area contributed by atoms with Crippen LogP contribution in [-0.2, 0) is 4.79 Å². The number of rotatable bonds is 3. The van der Waals surface area contributed by atoms with Gasteiger partial charge in [0.15, 0.2) is 0 Å². The molecule has 0 aromatic heterocycles. The van der Waals surface area contributed by atoms with Crippen LogP contribution in [0.25, 0.3) is 28.3 Å². The topological polar surface area (TPSA) is 66.4 Å². The number of carbonyl (C=O) groups is 2. The molecule has 0 bridgehead atoms. The number of hydrogen-bond donors (Lipinski definition) is 2. The van der Waals surface area contributed by atoms with Gasteiger partial charge in [0.2, 0.25) is 0 Å². The first-order chi connectivity index (χ1) is 13.1. The summed E-state index contributed by atoms with van der Waals surface area (Å²) in [7, 11) is 0. The zero-order valence-corrected chi connectivity index (χ0v) is 15.0. The molecule has 5 heteroatoms. The van der Waals surface area contributed by atoms with Crippen molar-refractivity contribution in [3.8, 4) is 28.0 Å². The number of phenolic OH excluding ortho intramolecular Hbond substituents is 1. The summed E-state index contributed by atoms with van der Waals surface area (Å²) in [6, 6.07) is 22.8. The van der Waals surface area contributed by atoms with Gasteiger partial charge < -0.3 is 5.11 Å². The Kier molecular flexibility index (Phi) is 4.52. The van der Waals surface area contributed by atoms with Gasteiger partial charge in [0.25, 0.3) is 11.1 Å². The number of aromatic hydroxyl groups is 1. The second kappa shape index (κ2) is 7.13. The highest BCUT2D eigenvalue weighted by atomic mass is 32.2. The van der Waals surface area contributed by atoms with Gasteiger partial charge in [-0.15, -0.1) is 0 Å². The molecule has 0 saturated carbocycles. The lowest BCUT2D eigenvalue weighted by Gasteiger charge is -2.13. The van der Waals surface area contributed by atoms with Gasteiger partial charge in [0.05, 0.1) is 4.91 Å². The summed E-state index contributed by atoms with van der Waals surface area (Å²) in [5, 5.41) is 12.8. The second-order valence-electron chi connectivity index (χ2n) is 6.05. The average Bonchev–Trinajstić information content (AvgIpc) is 3.01. The van der Waals surface area contributed by atoms with E-state index in [1.807, 2.05) is 72.8 Å². The van der Waals surface area contributed by atoms with Gasteiger partial charge in [-0.3, -0.25) is 14.9 Å². The van der Waals surface area contributed by atoms with Crippen molar-refractivity contribution in [2.45, 2.75) is 0 Å². The Morgan fingerprint density at radius 2 is 1.33 bits per heavy atom. The lowest BCUT2D eigenvalue weighted by atomic mass is 9.94. The molecule has 2 amide bonds. The minimum Gasteiger partial charge on any atom is -0.507 e. The summed E-state index contributed by atoms with van der Waals surface area (Å²) in [4.78, 5) is 23.7. The molecule has 1 saturated heterocycles. The number of hydrogen-bond acceptors (Lipinski definition) is 4. The highest BCUT2D eigenvalue weighted by Crippen LogP contribution is 2.40. The number of amides is 2. The van der Waals surface area contributed by atoms with Crippen LogP contribution >= 0.6 is 11.8 Å². The summed E-state index contributed by atoms with van der Waals surface area (Å²) in [5.41, 5.74) is 3.80. The fraction of sp³-hybridized carbons (Fsp3) is 0. The summed E-state index contributed by atoms with van der Waals surface area (Å²) in [5.74, 6) is -0.227. The van der Waals surface area contributed by atoms with Crippen molar-refractivity contribution in [3.05, 3.63) is 83.3 Å². The monoisotopic (exact) mass is 373 g/mol. The van der Waals surface area contributed by atoms with Crippen molar-refractivity contribution in [2.75, 3.05) is 0 Å². The number of carbonyl (C=O) groups excluding carboxylic acids is 2. The lowest BCUT2D eigenvalue weighted by Crippen LogP contribution is -2.17. The molecule has 1 aliphatic rings. The van der Waals surface area contributed by atoms with Crippen LogP contribution in [0.3, 0.4) is 0 Å². The van der Waals surface area contributed by atoms with Crippen LogP contribution in [0.15, 0.2) is 77.7 Å². The molecule has 3 aromatic rings. The third-order valence-electron chi connectivity index (χ3n) is 4.24. The number of phenols is 1. The Labute approximate surface area is 160 Å². The third kappa shape index (κ3) is 3.50. The molecule has 1 aliphatic heterocycles. The Hall–Kier alpha value is -3.31. The van der Waals surface area contributed by atoms with E-state index in [0.29, 0.717) is 16.0 Å². The van der Waals surface area contributed by atoms with Crippen molar-refractivity contribution in [1.82, 2.24) is 5.32 Å². The molecule has 0 spiro atoms. The maximum absolute atomic E-state index is 11.9. The van der Waals surface area contributed by atoms with Crippen LogP contribution in [0.2, 0.25) is 0 Å². The summed E-state index contributed by atoms with van der Waals surface area (Å²) in [6.07, 6.45) is 1.67. The summed E-state index contributed by atoms with van der Waals surface area (Å²) in [6.45, 7) is 0. The molecular weight excluding hydrogens is 358 g/mol. The largest absolute Gasteiger partial charge is 0.507 e. The van der Waals surface area contributed by atoms with E-state index in [0.717, 1.165) is 28.5 Å². The normalized spacial score (nSPS) is 15.2. The van der Waals surface area contributed by atoms with E-state index < -0.39 is 5.91 Å². The first kappa shape index (κ1) is 17.1. The first-order valence-corrected chi connectivity index (χ1v) is 9.16. The molecule has 1 fully saturated rings. The van der Waals surface area contributed by atoms with Crippen molar-refractivity contribution >= 4 is 29.0 Å². The van der Waals surface area contributed by atoms with Crippen molar-refractivity contribution in [2.24, 2.45) is 0 Å². The van der Waals surface area contributed by atoms with Crippen LogP contribution in [0.5, 0.6) is 5.75 Å². The van der Waals surface area contributed by atoms with Crippen LogP contribution in [-0.4, -0.2) is 16.3 Å². The van der Waals surface area contributed by atoms with Gasteiger partial charge in [0, 0.05) is 11.1 Å². The number of thioether (sulfide) groups is 1. The fourth-order valence-electron chi connectivity index (χ4n) is 2.99. The Morgan fingerprint density at radius 1 is 0.815 bits per heavy atom. The number of imide groups is 1. The molecule has 0 radical (unpaired) electrons. The SMILES string of the molecule is O=C1NC(=O)/C(=C/c2cc(-c3ccccc3)c(O)c(-c3ccccc3)c2)S1. The molecule has 1 heterocycles. The maximum atomic E-state index is 11.9. The zero-order chi connectivity index (χ0) is 18.8. The van der Waals surface area contributed by atoms with Gasteiger partial charge in [-0.1, -0.05) is 60.7 Å². The van der Waals surface area contributed by atoms with Gasteiger partial charge in [-0.25, -0.2) is 0 Å². The van der Waals surface area contributed by atoms with E-state index >= 15 is 0 Å². The molecule has 132 valence electrons. The predicted molar refractivity (Wildman–Crippen MR) is 108 cm³/mol. The zero-order valence-electron chi connectivity index (χ0n) is 14.2. The van der Waals surface area contributed by atoms with E-state index in [9.17, 15) is 14.7 Å². The first-order valence-electron chi connectivity index (χ1n) is 8.34. The van der Waals surface area contributed by atoms with Gasteiger partial charge >= 0.3 is 0 Å². The van der Waals surface area contributed by atoms with E-state index in [2.05, 4.69) is 5.32 Å². The maximum Gasteiger partial charge on any atom is 0.290 e.